The molecule has 0 aliphatic carbocycles. The van der Waals surface area contributed by atoms with Gasteiger partial charge in [0.25, 0.3) is 11.8 Å². The number of aryl methyl sites for hydroxylation is 1. The van der Waals surface area contributed by atoms with Crippen molar-refractivity contribution in [3.63, 3.8) is 0 Å². The minimum Gasteiger partial charge on any atom is -0.494 e. The molecule has 0 fully saturated rings. The van der Waals surface area contributed by atoms with Gasteiger partial charge in [-0.15, -0.1) is 0 Å². The Morgan fingerprint density at radius 1 is 0.912 bits per heavy atom. The molecule has 0 radical (unpaired) electrons. The van der Waals surface area contributed by atoms with Gasteiger partial charge in [0.05, 0.1) is 17.9 Å². The molecule has 0 aromatic heterocycles. The summed E-state index contributed by atoms with van der Waals surface area (Å²) in [5.41, 5.74) is 4.62. The van der Waals surface area contributed by atoms with Crippen molar-refractivity contribution in [2.24, 2.45) is 0 Å². The molecule has 1 N–H and O–H groups in total. The maximum atomic E-state index is 13.6. The van der Waals surface area contributed by atoms with Gasteiger partial charge in [-0.1, -0.05) is 42.8 Å². The summed E-state index contributed by atoms with van der Waals surface area (Å²) in [6.07, 6.45) is 0.867. The van der Waals surface area contributed by atoms with Crippen LogP contribution in [-0.2, 0) is 9.59 Å². The van der Waals surface area contributed by atoms with Crippen molar-refractivity contribution in [2.45, 2.75) is 20.3 Å². The Hall–Kier alpha value is -4.06. The van der Waals surface area contributed by atoms with Crippen molar-refractivity contribution in [3.05, 3.63) is 89.6 Å². The van der Waals surface area contributed by atoms with Crippen LogP contribution >= 0.6 is 0 Å². The first kappa shape index (κ1) is 23.1. The number of anilines is 3. The van der Waals surface area contributed by atoms with E-state index in [0.29, 0.717) is 29.2 Å². The predicted octanol–water partition coefficient (Wildman–Crippen LogP) is 5.25. The molecule has 4 rings (SSSR count). The van der Waals surface area contributed by atoms with E-state index < -0.39 is 5.91 Å². The van der Waals surface area contributed by atoms with E-state index in [2.05, 4.69) is 5.32 Å². The molecule has 0 bridgehead atoms. The van der Waals surface area contributed by atoms with E-state index >= 15 is 0 Å². The SMILES string of the molecule is CCCOc1cccc(N2C(=O)C(Nc3ccc(N(C)C)cc3)=C(c3ccc(C)cc3)C2=O)c1. The van der Waals surface area contributed by atoms with Crippen LogP contribution in [0.2, 0.25) is 0 Å². The third kappa shape index (κ3) is 4.66. The highest BCUT2D eigenvalue weighted by molar-refractivity contribution is 6.46. The number of nitrogens with one attached hydrogen (secondary N) is 1. The zero-order valence-corrected chi connectivity index (χ0v) is 20.0. The molecule has 34 heavy (non-hydrogen) atoms. The predicted molar refractivity (Wildman–Crippen MR) is 137 cm³/mol. The number of hydrogen-bond acceptors (Lipinski definition) is 5. The van der Waals surface area contributed by atoms with Gasteiger partial charge in [0.15, 0.2) is 0 Å². The van der Waals surface area contributed by atoms with Crippen LogP contribution in [0.4, 0.5) is 17.1 Å². The standard InChI is InChI=1S/C28H29N3O3/c1-5-17-34-24-8-6-7-23(18-24)31-27(32)25(20-11-9-19(2)10-12-20)26(28(31)33)29-21-13-15-22(16-14-21)30(3)4/h6-16,18,29H,5,17H2,1-4H3. The lowest BCUT2D eigenvalue weighted by atomic mass is 10.0. The van der Waals surface area contributed by atoms with E-state index in [0.717, 1.165) is 23.4 Å². The van der Waals surface area contributed by atoms with Crippen molar-refractivity contribution in [1.29, 1.82) is 0 Å². The molecule has 1 aliphatic heterocycles. The van der Waals surface area contributed by atoms with Gasteiger partial charge in [0.2, 0.25) is 0 Å². The number of hydrogen-bond donors (Lipinski definition) is 1. The average molecular weight is 456 g/mol. The number of benzene rings is 3. The van der Waals surface area contributed by atoms with Gasteiger partial charge >= 0.3 is 0 Å². The van der Waals surface area contributed by atoms with Gasteiger partial charge in [0, 0.05) is 31.5 Å². The summed E-state index contributed by atoms with van der Waals surface area (Å²) in [7, 11) is 3.94. The number of carbonyl (C=O) groups excluding carboxylic acids is 2. The van der Waals surface area contributed by atoms with Crippen LogP contribution in [0.5, 0.6) is 5.75 Å². The summed E-state index contributed by atoms with van der Waals surface area (Å²) >= 11 is 0. The summed E-state index contributed by atoms with van der Waals surface area (Å²) < 4.78 is 5.72. The number of ether oxygens (including phenoxy) is 1. The fourth-order valence-corrected chi connectivity index (χ4v) is 3.79. The number of carbonyl (C=O) groups is 2. The van der Waals surface area contributed by atoms with Crippen LogP contribution < -0.4 is 19.9 Å². The third-order valence-electron chi connectivity index (χ3n) is 5.63. The molecular weight excluding hydrogens is 426 g/mol. The van der Waals surface area contributed by atoms with Crippen molar-refractivity contribution < 1.29 is 14.3 Å². The lowest BCUT2D eigenvalue weighted by Crippen LogP contribution is -2.32. The Labute approximate surface area is 200 Å². The van der Waals surface area contributed by atoms with E-state index in [-0.39, 0.29) is 11.6 Å². The van der Waals surface area contributed by atoms with Gasteiger partial charge in [-0.05, 0) is 55.3 Å². The second kappa shape index (κ2) is 9.83. The molecule has 174 valence electrons. The Morgan fingerprint density at radius 2 is 1.62 bits per heavy atom. The summed E-state index contributed by atoms with van der Waals surface area (Å²) in [4.78, 5) is 30.5. The number of imide groups is 1. The van der Waals surface area contributed by atoms with Crippen LogP contribution in [0.1, 0.15) is 24.5 Å². The second-order valence-electron chi connectivity index (χ2n) is 8.47. The molecule has 0 saturated carbocycles. The second-order valence-corrected chi connectivity index (χ2v) is 8.47. The lowest BCUT2D eigenvalue weighted by Gasteiger charge is -2.17. The quantitative estimate of drug-likeness (QED) is 0.470. The van der Waals surface area contributed by atoms with Crippen LogP contribution in [0.25, 0.3) is 5.57 Å². The van der Waals surface area contributed by atoms with Gasteiger partial charge < -0.3 is 15.0 Å². The minimum atomic E-state index is -0.398. The topological polar surface area (TPSA) is 61.9 Å². The molecule has 6 nitrogen and oxygen atoms in total. The third-order valence-corrected chi connectivity index (χ3v) is 5.63. The van der Waals surface area contributed by atoms with Gasteiger partial charge in [0.1, 0.15) is 11.4 Å². The zero-order valence-electron chi connectivity index (χ0n) is 20.0. The van der Waals surface area contributed by atoms with Gasteiger partial charge in [-0.25, -0.2) is 4.90 Å². The highest BCUT2D eigenvalue weighted by Crippen LogP contribution is 2.35. The van der Waals surface area contributed by atoms with Crippen molar-refractivity contribution in [1.82, 2.24) is 0 Å². The molecule has 3 aromatic rings. The van der Waals surface area contributed by atoms with E-state index in [4.69, 9.17) is 4.74 Å². The minimum absolute atomic E-state index is 0.256. The molecule has 0 atom stereocenters. The number of rotatable bonds is 8. The highest BCUT2D eigenvalue weighted by atomic mass is 16.5. The maximum Gasteiger partial charge on any atom is 0.282 e. The highest BCUT2D eigenvalue weighted by Gasteiger charge is 2.40. The van der Waals surface area contributed by atoms with Crippen molar-refractivity contribution >= 4 is 34.4 Å². The number of amides is 2. The fraction of sp³-hybridized carbons (Fsp3) is 0.214. The van der Waals surface area contributed by atoms with E-state index in [1.807, 2.05) is 87.4 Å². The molecule has 0 saturated heterocycles. The largest absolute Gasteiger partial charge is 0.494 e. The average Bonchev–Trinajstić information content (AvgIpc) is 3.08. The first-order valence-corrected chi connectivity index (χ1v) is 11.4. The Kier molecular flexibility index (Phi) is 6.68. The molecule has 1 aliphatic rings. The molecule has 0 spiro atoms. The van der Waals surface area contributed by atoms with Crippen molar-refractivity contribution in [3.8, 4) is 5.75 Å². The summed E-state index contributed by atoms with van der Waals surface area (Å²) in [5, 5.41) is 3.22. The van der Waals surface area contributed by atoms with Gasteiger partial charge in [-0.2, -0.15) is 0 Å². The molecule has 1 heterocycles. The van der Waals surface area contributed by atoms with E-state index in [1.165, 1.54) is 4.90 Å². The Balaban J connectivity index is 1.74. The molecule has 2 amide bonds. The fourth-order valence-electron chi connectivity index (χ4n) is 3.79. The summed E-state index contributed by atoms with van der Waals surface area (Å²) in [5.74, 6) is -0.142. The van der Waals surface area contributed by atoms with Gasteiger partial charge in [-0.3, -0.25) is 9.59 Å². The lowest BCUT2D eigenvalue weighted by molar-refractivity contribution is -0.120. The maximum absolute atomic E-state index is 13.6. The van der Waals surface area contributed by atoms with Crippen LogP contribution in [-0.4, -0.2) is 32.5 Å². The Bertz CT molecular complexity index is 1230. The monoisotopic (exact) mass is 455 g/mol. The van der Waals surface area contributed by atoms with Crippen LogP contribution in [0.15, 0.2) is 78.5 Å². The first-order chi connectivity index (χ1) is 16.4. The smallest absolute Gasteiger partial charge is 0.282 e. The van der Waals surface area contributed by atoms with E-state index in [1.54, 1.807) is 18.2 Å². The summed E-state index contributed by atoms with van der Waals surface area (Å²) in [6.45, 7) is 4.57. The first-order valence-electron chi connectivity index (χ1n) is 11.4. The van der Waals surface area contributed by atoms with Crippen LogP contribution in [0.3, 0.4) is 0 Å². The zero-order chi connectivity index (χ0) is 24.2. The molecule has 6 heteroatoms. The summed E-state index contributed by atoms with van der Waals surface area (Å²) in [6, 6.07) is 22.4. The van der Waals surface area contributed by atoms with Crippen LogP contribution in [0, 0.1) is 6.92 Å². The van der Waals surface area contributed by atoms with Crippen molar-refractivity contribution in [2.75, 3.05) is 35.8 Å². The van der Waals surface area contributed by atoms with E-state index in [9.17, 15) is 9.59 Å². The molecule has 0 unspecified atom stereocenters. The molecular formula is C28H29N3O3. The number of nitrogens with zero attached hydrogens (tertiary/aromatic N) is 2. The normalized spacial score (nSPS) is 13.5. The Morgan fingerprint density at radius 3 is 2.26 bits per heavy atom. The molecule has 3 aromatic carbocycles.